The van der Waals surface area contributed by atoms with Crippen LogP contribution in [0.15, 0.2) is 46.5 Å². The van der Waals surface area contributed by atoms with Crippen molar-refractivity contribution >= 4 is 35.5 Å². The fourth-order valence-corrected chi connectivity index (χ4v) is 3.64. The molecule has 0 bridgehead atoms. The maximum atomic E-state index is 12.7. The van der Waals surface area contributed by atoms with Gasteiger partial charge in [-0.25, -0.2) is 9.69 Å². The van der Waals surface area contributed by atoms with Gasteiger partial charge in [-0.1, -0.05) is 12.1 Å². The van der Waals surface area contributed by atoms with E-state index in [4.69, 9.17) is 9.15 Å². The topological polar surface area (TPSA) is 104 Å². The van der Waals surface area contributed by atoms with E-state index < -0.39 is 24.4 Å². The number of carbonyl (C=O) groups is 3. The number of amides is 4. The molecular formula is C22H24N4O5. The lowest BCUT2D eigenvalue weighted by Crippen LogP contribution is -2.38. The molecule has 162 valence electrons. The molecule has 31 heavy (non-hydrogen) atoms. The van der Waals surface area contributed by atoms with Crippen molar-refractivity contribution in [1.29, 1.82) is 0 Å². The standard InChI is InChI=1S/C22H24N4O5/c1-30-18-8-4-3-7-16(18)23-19(27)14-26-21(28)17(24-22(26)29)13-15-9-10-20(31-15)25-11-5-2-6-12-25/h3-4,7-10,13H,2,5-6,11-12,14H2,1H3,(H,23,27)(H,24,29)/b17-13+. The summed E-state index contributed by atoms with van der Waals surface area (Å²) in [5.41, 5.74) is 0.522. The van der Waals surface area contributed by atoms with Crippen molar-refractivity contribution < 1.29 is 23.5 Å². The van der Waals surface area contributed by atoms with Gasteiger partial charge in [-0.15, -0.1) is 0 Å². The minimum atomic E-state index is -0.658. The first-order valence-electron chi connectivity index (χ1n) is 10.2. The lowest BCUT2D eigenvalue weighted by atomic mass is 10.1. The van der Waals surface area contributed by atoms with Crippen LogP contribution < -0.4 is 20.3 Å². The van der Waals surface area contributed by atoms with Gasteiger partial charge in [-0.3, -0.25) is 9.59 Å². The molecule has 0 unspecified atom stereocenters. The number of rotatable bonds is 6. The highest BCUT2D eigenvalue weighted by Gasteiger charge is 2.35. The van der Waals surface area contributed by atoms with E-state index in [2.05, 4.69) is 15.5 Å². The Hall–Kier alpha value is -3.75. The first-order chi connectivity index (χ1) is 15.0. The third kappa shape index (κ3) is 4.55. The van der Waals surface area contributed by atoms with Gasteiger partial charge in [0.1, 0.15) is 23.8 Å². The van der Waals surface area contributed by atoms with Gasteiger partial charge in [0.15, 0.2) is 5.88 Å². The number of benzene rings is 1. The molecule has 2 N–H and O–H groups in total. The quantitative estimate of drug-likeness (QED) is 0.546. The van der Waals surface area contributed by atoms with Gasteiger partial charge >= 0.3 is 6.03 Å². The number of hydrogen-bond donors (Lipinski definition) is 2. The van der Waals surface area contributed by atoms with Crippen molar-refractivity contribution in [3.05, 3.63) is 47.9 Å². The number of piperidine rings is 1. The van der Waals surface area contributed by atoms with E-state index in [0.717, 1.165) is 36.7 Å². The van der Waals surface area contributed by atoms with Crippen LogP contribution in [0.5, 0.6) is 5.75 Å². The molecule has 2 fully saturated rings. The van der Waals surface area contributed by atoms with E-state index in [-0.39, 0.29) is 5.70 Å². The third-order valence-electron chi connectivity index (χ3n) is 5.21. The van der Waals surface area contributed by atoms with Crippen molar-refractivity contribution in [2.24, 2.45) is 0 Å². The minimum Gasteiger partial charge on any atom is -0.495 e. The van der Waals surface area contributed by atoms with Crippen molar-refractivity contribution in [2.75, 3.05) is 37.0 Å². The second-order valence-electron chi connectivity index (χ2n) is 7.35. The molecule has 2 aliphatic heterocycles. The van der Waals surface area contributed by atoms with E-state index in [0.29, 0.717) is 17.2 Å². The Bertz CT molecular complexity index is 1020. The van der Waals surface area contributed by atoms with Crippen molar-refractivity contribution in [1.82, 2.24) is 10.2 Å². The van der Waals surface area contributed by atoms with Crippen LogP contribution in [0.2, 0.25) is 0 Å². The van der Waals surface area contributed by atoms with E-state index >= 15 is 0 Å². The second kappa shape index (κ2) is 8.95. The summed E-state index contributed by atoms with van der Waals surface area (Å²) < 4.78 is 11.0. The Morgan fingerprint density at radius 3 is 2.71 bits per heavy atom. The van der Waals surface area contributed by atoms with Gasteiger partial charge in [0.25, 0.3) is 5.91 Å². The Morgan fingerprint density at radius 2 is 1.94 bits per heavy atom. The van der Waals surface area contributed by atoms with Crippen LogP contribution >= 0.6 is 0 Å². The molecule has 1 aromatic heterocycles. The largest absolute Gasteiger partial charge is 0.495 e. The summed E-state index contributed by atoms with van der Waals surface area (Å²) in [5.74, 6) is 0.590. The number of nitrogens with zero attached hydrogens (tertiary/aromatic N) is 2. The van der Waals surface area contributed by atoms with Crippen LogP contribution in [-0.4, -0.2) is 49.5 Å². The molecule has 2 aromatic rings. The van der Waals surface area contributed by atoms with Crippen LogP contribution in [0, 0.1) is 0 Å². The Balaban J connectivity index is 1.41. The first-order valence-corrected chi connectivity index (χ1v) is 10.2. The third-order valence-corrected chi connectivity index (χ3v) is 5.21. The van der Waals surface area contributed by atoms with Crippen molar-refractivity contribution in [3.63, 3.8) is 0 Å². The SMILES string of the molecule is COc1ccccc1NC(=O)CN1C(=O)N/C(=C/c2ccc(N3CCCCC3)o2)C1=O. The van der Waals surface area contributed by atoms with Gasteiger partial charge < -0.3 is 24.7 Å². The molecule has 0 atom stereocenters. The van der Waals surface area contributed by atoms with E-state index in [1.807, 2.05) is 6.07 Å². The number of anilines is 2. The fourth-order valence-electron chi connectivity index (χ4n) is 3.64. The number of hydrogen-bond acceptors (Lipinski definition) is 6. The van der Waals surface area contributed by atoms with Crippen LogP contribution in [0.1, 0.15) is 25.0 Å². The summed E-state index contributed by atoms with van der Waals surface area (Å²) >= 11 is 0. The smallest absolute Gasteiger partial charge is 0.329 e. The first kappa shape index (κ1) is 20.5. The predicted octanol–water partition coefficient (Wildman–Crippen LogP) is 2.81. The maximum absolute atomic E-state index is 12.7. The molecule has 0 radical (unpaired) electrons. The maximum Gasteiger partial charge on any atom is 0.329 e. The number of furan rings is 1. The van der Waals surface area contributed by atoms with E-state index in [1.165, 1.54) is 19.6 Å². The summed E-state index contributed by atoms with van der Waals surface area (Å²) in [6.45, 7) is 1.46. The summed E-state index contributed by atoms with van der Waals surface area (Å²) in [7, 11) is 1.49. The zero-order valence-corrected chi connectivity index (χ0v) is 17.2. The molecular weight excluding hydrogens is 400 g/mol. The minimum absolute atomic E-state index is 0.0645. The number of ether oxygens (including phenoxy) is 1. The van der Waals surface area contributed by atoms with Crippen molar-refractivity contribution in [2.45, 2.75) is 19.3 Å². The van der Waals surface area contributed by atoms with E-state index in [1.54, 1.807) is 30.3 Å². The van der Waals surface area contributed by atoms with Crippen LogP contribution in [0.25, 0.3) is 6.08 Å². The lowest BCUT2D eigenvalue weighted by Gasteiger charge is -2.25. The zero-order valence-electron chi connectivity index (χ0n) is 17.2. The highest BCUT2D eigenvalue weighted by atomic mass is 16.5. The van der Waals surface area contributed by atoms with Crippen LogP contribution in [0.3, 0.4) is 0 Å². The summed E-state index contributed by atoms with van der Waals surface area (Å²) in [5, 5.41) is 5.16. The number of methoxy groups -OCH3 is 1. The zero-order chi connectivity index (χ0) is 21.8. The van der Waals surface area contributed by atoms with Gasteiger partial charge in [0.05, 0.1) is 12.8 Å². The average Bonchev–Trinajstić information content (AvgIpc) is 3.35. The molecule has 4 amide bonds. The summed E-state index contributed by atoms with van der Waals surface area (Å²) in [4.78, 5) is 40.3. The Kier molecular flexibility index (Phi) is 5.92. The highest BCUT2D eigenvalue weighted by Crippen LogP contribution is 2.25. The number of carbonyl (C=O) groups excluding carboxylic acids is 3. The predicted molar refractivity (Wildman–Crippen MR) is 115 cm³/mol. The van der Waals surface area contributed by atoms with Gasteiger partial charge in [-0.2, -0.15) is 0 Å². The molecule has 2 aliphatic rings. The summed E-state index contributed by atoms with van der Waals surface area (Å²) in [6.07, 6.45) is 4.94. The molecule has 3 heterocycles. The number of imide groups is 1. The van der Waals surface area contributed by atoms with Crippen LogP contribution in [-0.2, 0) is 9.59 Å². The fraction of sp³-hybridized carbons (Fsp3) is 0.318. The highest BCUT2D eigenvalue weighted by molar-refractivity contribution is 6.15. The number of nitrogens with one attached hydrogen (secondary N) is 2. The Labute approximate surface area is 179 Å². The van der Waals surface area contributed by atoms with Gasteiger partial charge in [0, 0.05) is 25.2 Å². The Morgan fingerprint density at radius 1 is 1.16 bits per heavy atom. The molecule has 9 nitrogen and oxygen atoms in total. The number of para-hydroxylation sites is 2. The normalized spacial score (nSPS) is 17.8. The molecule has 9 heteroatoms. The molecule has 2 saturated heterocycles. The number of urea groups is 1. The lowest BCUT2D eigenvalue weighted by molar-refractivity contribution is -0.127. The second-order valence-corrected chi connectivity index (χ2v) is 7.35. The summed E-state index contributed by atoms with van der Waals surface area (Å²) in [6, 6.07) is 9.85. The monoisotopic (exact) mass is 424 g/mol. The van der Waals surface area contributed by atoms with Gasteiger partial charge in [0.2, 0.25) is 5.91 Å². The van der Waals surface area contributed by atoms with Crippen molar-refractivity contribution in [3.8, 4) is 5.75 Å². The molecule has 0 spiro atoms. The molecule has 4 rings (SSSR count). The molecule has 1 aromatic carbocycles. The van der Waals surface area contributed by atoms with Gasteiger partial charge in [-0.05, 0) is 37.5 Å². The molecule has 0 aliphatic carbocycles. The van der Waals surface area contributed by atoms with E-state index in [9.17, 15) is 14.4 Å². The molecule has 0 saturated carbocycles. The van der Waals surface area contributed by atoms with Crippen LogP contribution in [0.4, 0.5) is 16.4 Å². The average molecular weight is 424 g/mol.